The third-order valence-electron chi connectivity index (χ3n) is 4.77. The normalized spacial score (nSPS) is 16.0. The fourth-order valence-corrected chi connectivity index (χ4v) is 3.15. The van der Waals surface area contributed by atoms with Gasteiger partial charge in [-0.15, -0.1) is 4.80 Å². The minimum atomic E-state index is -4.99. The van der Waals surface area contributed by atoms with Crippen molar-refractivity contribution in [2.45, 2.75) is 19.3 Å². The van der Waals surface area contributed by atoms with Crippen LogP contribution in [0.3, 0.4) is 0 Å². The van der Waals surface area contributed by atoms with Crippen molar-refractivity contribution in [3.8, 4) is 11.8 Å². The Kier molecular flexibility index (Phi) is 5.41. The number of ketones is 1. The number of alkyl halides is 3. The largest absolute Gasteiger partial charge is 0.434 e. The number of aliphatic imine (C=N–C) groups is 1. The SMILES string of the molecule is Cc1c(-n2ncc(C(=O)NC3N=C(n4nccn4)C(C#N)=CC3=O)c2C(F)(F)F)ccnc1N. The summed E-state index contributed by atoms with van der Waals surface area (Å²) in [5.41, 5.74) is 3.48. The maximum atomic E-state index is 14.0. The minimum absolute atomic E-state index is 0.00545. The highest BCUT2D eigenvalue weighted by atomic mass is 19.4. The van der Waals surface area contributed by atoms with Gasteiger partial charge in [-0.25, -0.2) is 14.7 Å². The Morgan fingerprint density at radius 2 is 1.94 bits per heavy atom. The van der Waals surface area contributed by atoms with Crippen LogP contribution in [0.4, 0.5) is 19.0 Å². The van der Waals surface area contributed by atoms with E-state index in [0.29, 0.717) is 4.68 Å². The zero-order chi connectivity index (χ0) is 24.6. The highest BCUT2D eigenvalue weighted by molar-refractivity contribution is 6.14. The number of halogens is 3. The molecule has 12 nitrogen and oxygen atoms in total. The highest BCUT2D eigenvalue weighted by Crippen LogP contribution is 2.34. The lowest BCUT2D eigenvalue weighted by Gasteiger charge is -2.18. The van der Waals surface area contributed by atoms with E-state index in [9.17, 15) is 28.0 Å². The van der Waals surface area contributed by atoms with Crippen molar-refractivity contribution in [2.75, 3.05) is 5.73 Å². The predicted molar refractivity (Wildman–Crippen MR) is 108 cm³/mol. The van der Waals surface area contributed by atoms with Crippen LogP contribution in [0.25, 0.3) is 5.69 Å². The predicted octanol–water partition coefficient (Wildman–Crippen LogP) is 0.804. The Morgan fingerprint density at radius 3 is 2.59 bits per heavy atom. The van der Waals surface area contributed by atoms with Crippen molar-refractivity contribution in [1.82, 2.24) is 35.1 Å². The van der Waals surface area contributed by atoms with Crippen LogP contribution in [0.1, 0.15) is 21.6 Å². The lowest BCUT2D eigenvalue weighted by atomic mass is 10.1. The van der Waals surface area contributed by atoms with Crippen molar-refractivity contribution in [3.05, 3.63) is 59.3 Å². The summed E-state index contributed by atoms with van der Waals surface area (Å²) >= 11 is 0. The number of aromatic nitrogens is 6. The van der Waals surface area contributed by atoms with E-state index in [4.69, 9.17) is 5.73 Å². The van der Waals surface area contributed by atoms with Gasteiger partial charge in [0.1, 0.15) is 17.5 Å². The van der Waals surface area contributed by atoms with Gasteiger partial charge in [-0.2, -0.15) is 33.7 Å². The first-order valence-electron chi connectivity index (χ1n) is 9.40. The molecule has 1 atom stereocenters. The third kappa shape index (κ3) is 3.88. The first-order chi connectivity index (χ1) is 16.1. The number of carbonyl (C=O) groups is 2. The molecular formula is C19H13F3N10O2. The van der Waals surface area contributed by atoms with E-state index in [2.05, 4.69) is 30.6 Å². The van der Waals surface area contributed by atoms with Gasteiger partial charge in [0.25, 0.3) is 5.91 Å². The van der Waals surface area contributed by atoms with Crippen LogP contribution < -0.4 is 11.1 Å². The van der Waals surface area contributed by atoms with E-state index in [-0.39, 0.29) is 28.5 Å². The number of rotatable bonds is 3. The number of allylic oxidation sites excluding steroid dienone is 1. The summed E-state index contributed by atoms with van der Waals surface area (Å²) in [6, 6.07) is 3.02. The molecule has 0 radical (unpaired) electrons. The van der Waals surface area contributed by atoms with Gasteiger partial charge < -0.3 is 11.1 Å². The summed E-state index contributed by atoms with van der Waals surface area (Å²) in [6.07, 6.45) is -1.21. The summed E-state index contributed by atoms with van der Waals surface area (Å²) in [5.74, 6) is -2.25. The Hall–Kier alpha value is -4.87. The maximum absolute atomic E-state index is 14.0. The van der Waals surface area contributed by atoms with Crippen LogP contribution in [-0.4, -0.2) is 53.5 Å². The number of anilines is 1. The smallest absolute Gasteiger partial charge is 0.383 e. The van der Waals surface area contributed by atoms with E-state index < -0.39 is 35.3 Å². The molecule has 0 saturated carbocycles. The number of nitrogens with one attached hydrogen (secondary N) is 1. The zero-order valence-corrected chi connectivity index (χ0v) is 17.1. The molecule has 0 aliphatic carbocycles. The van der Waals surface area contributed by atoms with E-state index in [1.807, 2.05) is 0 Å². The molecular weight excluding hydrogens is 457 g/mol. The molecule has 0 fully saturated rings. The Balaban J connectivity index is 1.72. The van der Waals surface area contributed by atoms with Gasteiger partial charge in [-0.05, 0) is 13.0 Å². The summed E-state index contributed by atoms with van der Waals surface area (Å²) in [7, 11) is 0. The second-order valence-corrected chi connectivity index (χ2v) is 6.88. The molecule has 1 amide bonds. The number of pyridine rings is 1. The van der Waals surface area contributed by atoms with Gasteiger partial charge in [0.15, 0.2) is 17.7 Å². The number of nitrogens with two attached hydrogens (primary N) is 1. The van der Waals surface area contributed by atoms with Gasteiger partial charge >= 0.3 is 6.18 Å². The summed E-state index contributed by atoms with van der Waals surface area (Å²) in [6.45, 7) is 1.46. The topological polar surface area (TPSA) is 170 Å². The number of nitrogen functional groups attached to an aromatic ring is 1. The molecule has 3 aromatic rings. The number of amides is 1. The molecule has 15 heteroatoms. The summed E-state index contributed by atoms with van der Waals surface area (Å²) < 4.78 is 42.4. The molecule has 4 heterocycles. The molecule has 1 aliphatic heterocycles. The summed E-state index contributed by atoms with van der Waals surface area (Å²) in [5, 5.41) is 22.7. The van der Waals surface area contributed by atoms with E-state index in [1.165, 1.54) is 31.6 Å². The molecule has 3 N–H and O–H groups in total. The monoisotopic (exact) mass is 470 g/mol. The highest BCUT2D eigenvalue weighted by Gasteiger charge is 2.41. The molecule has 0 spiro atoms. The molecule has 1 unspecified atom stereocenters. The average Bonchev–Trinajstić information content (AvgIpc) is 3.46. The summed E-state index contributed by atoms with van der Waals surface area (Å²) in [4.78, 5) is 33.9. The molecule has 0 bridgehead atoms. The lowest BCUT2D eigenvalue weighted by Crippen LogP contribution is -2.43. The van der Waals surface area contributed by atoms with Crippen LogP contribution in [0.5, 0.6) is 0 Å². The molecule has 0 aromatic carbocycles. The Bertz CT molecular complexity index is 1400. The number of hydrogen-bond acceptors (Lipinski definition) is 9. The number of nitrogens with zero attached hydrogens (tertiary/aromatic N) is 8. The van der Waals surface area contributed by atoms with E-state index in [0.717, 1.165) is 17.1 Å². The van der Waals surface area contributed by atoms with Crippen LogP contribution >= 0.6 is 0 Å². The molecule has 0 saturated heterocycles. The van der Waals surface area contributed by atoms with Crippen LogP contribution in [0.2, 0.25) is 0 Å². The molecule has 4 rings (SSSR count). The van der Waals surface area contributed by atoms with Crippen LogP contribution in [0.15, 0.2) is 47.5 Å². The number of dihydropyridines is 1. The van der Waals surface area contributed by atoms with Crippen molar-refractivity contribution in [1.29, 1.82) is 5.26 Å². The number of nitriles is 1. The van der Waals surface area contributed by atoms with Crippen molar-refractivity contribution >= 4 is 23.3 Å². The van der Waals surface area contributed by atoms with Gasteiger partial charge in [-0.3, -0.25) is 9.59 Å². The first kappa shape index (κ1) is 22.3. The van der Waals surface area contributed by atoms with Crippen molar-refractivity contribution in [3.63, 3.8) is 0 Å². The minimum Gasteiger partial charge on any atom is -0.383 e. The van der Waals surface area contributed by atoms with E-state index >= 15 is 0 Å². The molecule has 34 heavy (non-hydrogen) atoms. The second kappa shape index (κ2) is 8.24. The molecule has 3 aromatic heterocycles. The standard InChI is InChI=1S/C19H13F3N10O2/c1-9-12(2-3-25-15(9)24)31-14(19(20,21)22)11(8-28-31)18(34)30-16-13(33)6-10(7-23)17(29-16)32-26-4-5-27-32/h2-6,8,16H,1H3,(H2,24,25)(H,30,34). The van der Waals surface area contributed by atoms with Gasteiger partial charge in [0.2, 0.25) is 5.78 Å². The van der Waals surface area contributed by atoms with Crippen molar-refractivity contribution < 1.29 is 22.8 Å². The number of hydrogen-bond donors (Lipinski definition) is 2. The average molecular weight is 470 g/mol. The van der Waals surface area contributed by atoms with E-state index in [1.54, 1.807) is 6.07 Å². The van der Waals surface area contributed by atoms with Crippen molar-refractivity contribution in [2.24, 2.45) is 4.99 Å². The van der Waals surface area contributed by atoms with Crippen LogP contribution in [-0.2, 0) is 11.0 Å². The van der Waals surface area contributed by atoms with Gasteiger partial charge in [-0.1, -0.05) is 0 Å². The second-order valence-electron chi connectivity index (χ2n) is 6.88. The van der Waals surface area contributed by atoms with Gasteiger partial charge in [0, 0.05) is 17.8 Å². The van der Waals surface area contributed by atoms with Crippen LogP contribution in [0, 0.1) is 18.3 Å². The quantitative estimate of drug-likeness (QED) is 0.566. The third-order valence-corrected chi connectivity index (χ3v) is 4.77. The van der Waals surface area contributed by atoms with Gasteiger partial charge in [0.05, 0.1) is 29.8 Å². The zero-order valence-electron chi connectivity index (χ0n) is 17.1. The molecule has 172 valence electrons. The molecule has 1 aliphatic rings. The lowest BCUT2D eigenvalue weighted by molar-refractivity contribution is -0.143. The fraction of sp³-hybridized carbons (Fsp3) is 0.158. The maximum Gasteiger partial charge on any atom is 0.434 e. The Morgan fingerprint density at radius 1 is 1.24 bits per heavy atom. The fourth-order valence-electron chi connectivity index (χ4n) is 3.15. The first-order valence-corrected chi connectivity index (χ1v) is 9.40. The number of carbonyl (C=O) groups excluding carboxylic acids is 2. The Labute approximate surface area is 188 Å².